The van der Waals surface area contributed by atoms with Gasteiger partial charge in [0.2, 0.25) is 0 Å². The quantitative estimate of drug-likeness (QED) is 0.234. The summed E-state index contributed by atoms with van der Waals surface area (Å²) >= 11 is -3.84. The Hall–Kier alpha value is -2.84. The van der Waals surface area contributed by atoms with Gasteiger partial charge in [0, 0.05) is 0 Å². The van der Waals surface area contributed by atoms with Crippen LogP contribution in [-0.4, -0.2) is 18.4 Å². The first-order chi connectivity index (χ1) is 16.8. The third kappa shape index (κ3) is 4.02. The zero-order valence-electron chi connectivity index (χ0n) is 21.7. The van der Waals surface area contributed by atoms with Crippen LogP contribution in [0.25, 0.3) is 10.8 Å². The van der Waals surface area contributed by atoms with E-state index in [4.69, 9.17) is 0 Å². The van der Waals surface area contributed by atoms with Crippen molar-refractivity contribution in [1.82, 2.24) is 0 Å². The van der Waals surface area contributed by atoms with Crippen molar-refractivity contribution in [2.75, 3.05) is 0 Å². The van der Waals surface area contributed by atoms with Crippen LogP contribution in [0.15, 0.2) is 97.1 Å². The first-order valence-electron chi connectivity index (χ1n) is 12.5. The fourth-order valence-electron chi connectivity index (χ4n) is 5.84. The van der Waals surface area contributed by atoms with Crippen LogP contribution >= 0.6 is 0 Å². The molecule has 0 aliphatic heterocycles. The van der Waals surface area contributed by atoms with Crippen LogP contribution in [0.1, 0.15) is 33.4 Å². The molecule has 0 aliphatic rings. The third-order valence-electron chi connectivity index (χ3n) is 7.58. The molecule has 5 rings (SSSR count). The molecule has 5 aromatic carbocycles. The summed E-state index contributed by atoms with van der Waals surface area (Å²) in [5.74, 6) is 0. The van der Waals surface area contributed by atoms with Gasteiger partial charge in [0.25, 0.3) is 0 Å². The fraction of sp³-hybridized carbons (Fsp3) is 0.176. The Morgan fingerprint density at radius 3 is 1.31 bits per heavy atom. The molecule has 0 radical (unpaired) electrons. The molecular weight excluding hydrogens is 527 g/mol. The Balaban J connectivity index is 2.11. The van der Waals surface area contributed by atoms with Gasteiger partial charge in [-0.2, -0.15) is 0 Å². The molecule has 0 N–H and O–H groups in total. The van der Waals surface area contributed by atoms with Gasteiger partial charge in [-0.05, 0) is 0 Å². The molecule has 0 unspecified atom stereocenters. The summed E-state index contributed by atoms with van der Waals surface area (Å²) in [5, 5.41) is 2.72. The molecule has 0 nitrogen and oxygen atoms in total. The monoisotopic (exact) mass is 562 g/mol. The molecule has 0 aliphatic carbocycles. The predicted molar refractivity (Wildman–Crippen MR) is 156 cm³/mol. The minimum absolute atomic E-state index is 1.33. The standard InChI is InChI=1S/C10H7.3C8H9.Sn/c1-2-6-10-8-4-3-7-9(10)5-1;3*1-7-3-5-8(2)6-4-7;/h1-7H;3*3-5H,1-2H3;. The van der Waals surface area contributed by atoms with Gasteiger partial charge in [0.15, 0.2) is 0 Å². The van der Waals surface area contributed by atoms with Crippen molar-refractivity contribution in [2.24, 2.45) is 0 Å². The van der Waals surface area contributed by atoms with Crippen molar-refractivity contribution < 1.29 is 0 Å². The summed E-state index contributed by atoms with van der Waals surface area (Å²) in [6, 6.07) is 37.4. The Kier molecular flexibility index (Phi) is 6.36. The second-order valence-corrected chi connectivity index (χ2v) is 20.7. The van der Waals surface area contributed by atoms with E-state index in [1.165, 1.54) is 44.2 Å². The Bertz CT molecular complexity index is 1430. The fourth-order valence-corrected chi connectivity index (χ4v) is 23.2. The zero-order chi connectivity index (χ0) is 24.7. The van der Waals surface area contributed by atoms with Crippen LogP contribution in [-0.2, 0) is 0 Å². The molecule has 0 amide bonds. The average molecular weight is 561 g/mol. The molecule has 35 heavy (non-hydrogen) atoms. The first kappa shape index (κ1) is 23.9. The summed E-state index contributed by atoms with van der Waals surface area (Å²) in [6.07, 6.45) is 0. The molecule has 1 heteroatoms. The predicted octanol–water partition coefficient (Wildman–Crippen LogP) is 6.07. The number of hydrogen-bond acceptors (Lipinski definition) is 0. The van der Waals surface area contributed by atoms with Crippen LogP contribution in [0.5, 0.6) is 0 Å². The van der Waals surface area contributed by atoms with E-state index in [9.17, 15) is 0 Å². The average Bonchev–Trinajstić information content (AvgIpc) is 2.85. The van der Waals surface area contributed by atoms with Crippen molar-refractivity contribution >= 4 is 43.5 Å². The molecule has 0 fully saturated rings. The number of fused-ring (bicyclic) bond motifs is 1. The van der Waals surface area contributed by atoms with E-state index in [0.29, 0.717) is 0 Å². The van der Waals surface area contributed by atoms with Gasteiger partial charge in [0.1, 0.15) is 0 Å². The van der Waals surface area contributed by atoms with E-state index >= 15 is 0 Å². The van der Waals surface area contributed by atoms with E-state index in [-0.39, 0.29) is 0 Å². The van der Waals surface area contributed by atoms with E-state index in [1.807, 2.05) is 0 Å². The zero-order valence-corrected chi connectivity index (χ0v) is 24.6. The first-order valence-corrected chi connectivity index (χ1v) is 18.2. The Morgan fingerprint density at radius 2 is 0.829 bits per heavy atom. The second kappa shape index (κ2) is 9.31. The maximum absolute atomic E-state index is 3.84. The summed E-state index contributed by atoms with van der Waals surface area (Å²) in [6.45, 7) is 13.7. The van der Waals surface area contributed by atoms with E-state index in [0.717, 1.165) is 0 Å². The van der Waals surface area contributed by atoms with Crippen LogP contribution in [0.2, 0.25) is 0 Å². The number of benzene rings is 5. The Labute approximate surface area is 214 Å². The minimum atomic E-state index is -3.84. The van der Waals surface area contributed by atoms with E-state index in [2.05, 4.69) is 139 Å². The van der Waals surface area contributed by atoms with Crippen molar-refractivity contribution in [3.63, 3.8) is 0 Å². The van der Waals surface area contributed by atoms with Gasteiger partial charge in [0.05, 0.1) is 0 Å². The molecule has 0 bridgehead atoms. The third-order valence-corrected chi connectivity index (χ3v) is 22.7. The van der Waals surface area contributed by atoms with Gasteiger partial charge < -0.3 is 0 Å². The molecule has 0 atom stereocenters. The van der Waals surface area contributed by atoms with Gasteiger partial charge in [-0.25, -0.2) is 0 Å². The topological polar surface area (TPSA) is 0 Å². The summed E-state index contributed by atoms with van der Waals surface area (Å²) < 4.78 is 6.25. The van der Waals surface area contributed by atoms with Crippen LogP contribution < -0.4 is 14.3 Å². The van der Waals surface area contributed by atoms with Crippen molar-refractivity contribution in [2.45, 2.75) is 41.5 Å². The molecular formula is C34H34Sn. The molecule has 5 aromatic rings. The van der Waals surface area contributed by atoms with E-state index in [1.54, 1.807) is 14.3 Å². The summed E-state index contributed by atoms with van der Waals surface area (Å²) in [4.78, 5) is 0. The van der Waals surface area contributed by atoms with Crippen LogP contribution in [0.3, 0.4) is 0 Å². The van der Waals surface area contributed by atoms with Crippen LogP contribution in [0, 0.1) is 41.5 Å². The van der Waals surface area contributed by atoms with Crippen LogP contribution in [0.4, 0.5) is 0 Å². The van der Waals surface area contributed by atoms with Gasteiger partial charge in [-0.3, -0.25) is 0 Å². The number of hydrogen-bond donors (Lipinski definition) is 0. The van der Waals surface area contributed by atoms with E-state index < -0.39 is 18.4 Å². The van der Waals surface area contributed by atoms with Crippen molar-refractivity contribution in [1.29, 1.82) is 0 Å². The molecule has 0 aromatic heterocycles. The SMILES string of the molecule is Cc1ccc(C)[c]([Sn]([c]2cc(C)ccc2C)([c]2cc(C)ccc2C)[c]2cccc3ccccc23)c1. The normalized spacial score (nSPS) is 11.7. The van der Waals surface area contributed by atoms with Gasteiger partial charge in [-0.1, -0.05) is 0 Å². The Morgan fingerprint density at radius 1 is 0.400 bits per heavy atom. The van der Waals surface area contributed by atoms with Crippen molar-refractivity contribution in [3.8, 4) is 0 Å². The molecule has 0 saturated heterocycles. The molecule has 0 saturated carbocycles. The van der Waals surface area contributed by atoms with Gasteiger partial charge >= 0.3 is 215 Å². The van der Waals surface area contributed by atoms with Crippen molar-refractivity contribution in [3.05, 3.63) is 130 Å². The molecule has 0 spiro atoms. The second-order valence-electron chi connectivity index (χ2n) is 10.2. The summed E-state index contributed by atoms with van der Waals surface area (Å²) in [7, 11) is 0. The molecule has 174 valence electrons. The van der Waals surface area contributed by atoms with Gasteiger partial charge in [-0.15, -0.1) is 0 Å². The number of rotatable bonds is 4. The maximum atomic E-state index is 2.51. The molecule has 0 heterocycles. The number of aryl methyl sites for hydroxylation is 6. The summed E-state index contributed by atoms with van der Waals surface area (Å²) in [5.41, 5.74) is 8.22.